The molecule has 20 heavy (non-hydrogen) atoms. The smallest absolute Gasteiger partial charge is 0.245 e. The number of benzene rings is 1. The van der Waals surface area contributed by atoms with E-state index in [-0.39, 0.29) is 11.4 Å². The highest BCUT2D eigenvalue weighted by molar-refractivity contribution is 9.10. The van der Waals surface area contributed by atoms with Crippen molar-refractivity contribution in [3.05, 3.63) is 22.7 Å². The first-order chi connectivity index (χ1) is 9.34. The number of nitrogen functional groups attached to an aromatic ring is 1. The molecule has 1 amide bonds. The number of halogens is 1. The van der Waals surface area contributed by atoms with E-state index in [1.807, 2.05) is 0 Å². The molecular formula is C12H16BrN3O3S. The highest BCUT2D eigenvalue weighted by Gasteiger charge is 2.37. The van der Waals surface area contributed by atoms with Crippen LogP contribution in [0.5, 0.6) is 0 Å². The van der Waals surface area contributed by atoms with E-state index in [0.29, 0.717) is 23.0 Å². The summed E-state index contributed by atoms with van der Waals surface area (Å²) in [5.41, 5.74) is 11.3. The van der Waals surface area contributed by atoms with E-state index in [9.17, 15) is 13.2 Å². The van der Waals surface area contributed by atoms with Gasteiger partial charge < -0.3 is 11.5 Å². The predicted octanol–water partition coefficient (Wildman–Crippen LogP) is 1.06. The van der Waals surface area contributed by atoms with Gasteiger partial charge in [-0.15, -0.1) is 0 Å². The van der Waals surface area contributed by atoms with Crippen LogP contribution >= 0.6 is 15.9 Å². The average molecular weight is 362 g/mol. The summed E-state index contributed by atoms with van der Waals surface area (Å²) in [7, 11) is -3.80. The Morgan fingerprint density at radius 1 is 1.35 bits per heavy atom. The second kappa shape index (κ2) is 5.71. The van der Waals surface area contributed by atoms with E-state index in [0.717, 1.165) is 6.42 Å². The van der Waals surface area contributed by atoms with Gasteiger partial charge >= 0.3 is 0 Å². The summed E-state index contributed by atoms with van der Waals surface area (Å²) in [6.45, 7) is 0.289. The molecule has 1 aromatic carbocycles. The summed E-state index contributed by atoms with van der Waals surface area (Å²) in [6, 6.07) is 3.77. The molecule has 1 aromatic rings. The number of rotatable bonds is 3. The van der Waals surface area contributed by atoms with Crippen molar-refractivity contribution in [1.29, 1.82) is 0 Å². The predicted molar refractivity (Wildman–Crippen MR) is 79.3 cm³/mol. The number of carbonyl (C=O) groups is 1. The van der Waals surface area contributed by atoms with Crippen molar-refractivity contribution in [1.82, 2.24) is 4.31 Å². The van der Waals surface area contributed by atoms with E-state index in [1.54, 1.807) is 12.1 Å². The number of piperidine rings is 1. The van der Waals surface area contributed by atoms with Crippen LogP contribution in [0.3, 0.4) is 0 Å². The number of anilines is 1. The summed E-state index contributed by atoms with van der Waals surface area (Å²) < 4.78 is 27.0. The van der Waals surface area contributed by atoms with Crippen LogP contribution in [0.1, 0.15) is 19.3 Å². The summed E-state index contributed by atoms with van der Waals surface area (Å²) >= 11 is 3.21. The van der Waals surface area contributed by atoms with Crippen LogP contribution in [-0.2, 0) is 14.8 Å². The molecule has 0 spiro atoms. The molecule has 1 aliphatic rings. The van der Waals surface area contributed by atoms with E-state index in [1.165, 1.54) is 10.4 Å². The SMILES string of the molecule is NC(=O)C1CCCCN1S(=O)(=O)c1cc(N)ccc1Br. The molecule has 1 fully saturated rings. The van der Waals surface area contributed by atoms with Crippen molar-refractivity contribution in [2.75, 3.05) is 12.3 Å². The van der Waals surface area contributed by atoms with Gasteiger partial charge in [0.15, 0.2) is 0 Å². The Balaban J connectivity index is 2.47. The van der Waals surface area contributed by atoms with E-state index in [4.69, 9.17) is 11.5 Å². The normalized spacial score (nSPS) is 20.8. The number of primary amides is 1. The van der Waals surface area contributed by atoms with Gasteiger partial charge in [-0.2, -0.15) is 4.31 Å². The standard InChI is InChI=1S/C12H16BrN3O3S/c13-9-5-4-8(14)7-11(9)20(18,19)16-6-2-1-3-10(16)12(15)17/h4-5,7,10H,1-3,6,14H2,(H2,15,17). The fraction of sp³-hybridized carbons (Fsp3) is 0.417. The maximum absolute atomic E-state index is 12.7. The molecule has 0 aliphatic carbocycles. The number of carbonyl (C=O) groups excluding carboxylic acids is 1. The van der Waals surface area contributed by atoms with Gasteiger partial charge in [-0.25, -0.2) is 8.42 Å². The van der Waals surface area contributed by atoms with Gasteiger partial charge in [0.2, 0.25) is 15.9 Å². The van der Waals surface area contributed by atoms with Crippen LogP contribution in [0.4, 0.5) is 5.69 Å². The monoisotopic (exact) mass is 361 g/mol. The maximum atomic E-state index is 12.7. The van der Waals surface area contributed by atoms with Crippen LogP contribution < -0.4 is 11.5 Å². The molecule has 1 saturated heterocycles. The zero-order valence-electron chi connectivity index (χ0n) is 10.8. The Morgan fingerprint density at radius 2 is 2.05 bits per heavy atom. The second-order valence-corrected chi connectivity index (χ2v) is 7.43. The van der Waals surface area contributed by atoms with Crippen molar-refractivity contribution in [3.8, 4) is 0 Å². The Kier molecular flexibility index (Phi) is 4.36. The van der Waals surface area contributed by atoms with Crippen molar-refractivity contribution >= 4 is 37.5 Å². The van der Waals surface area contributed by atoms with Gasteiger partial charge in [0.25, 0.3) is 0 Å². The van der Waals surface area contributed by atoms with Gasteiger partial charge in [-0.1, -0.05) is 6.42 Å². The fourth-order valence-corrected chi connectivity index (χ4v) is 4.95. The largest absolute Gasteiger partial charge is 0.399 e. The molecule has 1 unspecified atom stereocenters. The van der Waals surface area contributed by atoms with E-state index < -0.39 is 22.0 Å². The molecule has 0 bridgehead atoms. The number of nitrogens with zero attached hydrogens (tertiary/aromatic N) is 1. The molecule has 2 rings (SSSR count). The third-order valence-electron chi connectivity index (χ3n) is 3.32. The minimum absolute atomic E-state index is 0.0608. The summed E-state index contributed by atoms with van der Waals surface area (Å²) in [5, 5.41) is 0. The van der Waals surface area contributed by atoms with Crippen molar-refractivity contribution in [2.45, 2.75) is 30.2 Å². The molecule has 1 atom stereocenters. The van der Waals surface area contributed by atoms with Crippen molar-refractivity contribution in [3.63, 3.8) is 0 Å². The Bertz CT molecular complexity index is 633. The Morgan fingerprint density at radius 3 is 2.70 bits per heavy atom. The molecule has 4 N–H and O–H groups in total. The first kappa shape index (κ1) is 15.3. The Labute approximate surface area is 126 Å². The number of sulfonamides is 1. The lowest BCUT2D eigenvalue weighted by Crippen LogP contribution is -2.50. The van der Waals surface area contributed by atoms with Crippen molar-refractivity contribution in [2.24, 2.45) is 5.73 Å². The van der Waals surface area contributed by atoms with Crippen molar-refractivity contribution < 1.29 is 13.2 Å². The molecule has 0 radical (unpaired) electrons. The quantitative estimate of drug-likeness (QED) is 0.784. The molecule has 1 heterocycles. The summed E-state index contributed by atoms with van der Waals surface area (Å²) in [4.78, 5) is 11.5. The van der Waals surface area contributed by atoms with Gasteiger partial charge in [-0.3, -0.25) is 4.79 Å². The van der Waals surface area contributed by atoms with Crippen LogP contribution in [0, 0.1) is 0 Å². The summed E-state index contributed by atoms with van der Waals surface area (Å²) in [6.07, 6.45) is 1.95. The zero-order chi connectivity index (χ0) is 14.9. The molecule has 0 saturated carbocycles. The lowest BCUT2D eigenvalue weighted by Gasteiger charge is -2.32. The van der Waals surface area contributed by atoms with Crippen LogP contribution in [0.2, 0.25) is 0 Å². The third kappa shape index (κ3) is 2.82. The van der Waals surface area contributed by atoms with Gasteiger partial charge in [0, 0.05) is 16.7 Å². The van der Waals surface area contributed by atoms with Crippen LogP contribution in [0.25, 0.3) is 0 Å². The molecular weight excluding hydrogens is 346 g/mol. The zero-order valence-corrected chi connectivity index (χ0v) is 13.2. The van der Waals surface area contributed by atoms with Gasteiger partial charge in [0.05, 0.1) is 4.90 Å². The molecule has 0 aromatic heterocycles. The first-order valence-electron chi connectivity index (χ1n) is 6.20. The maximum Gasteiger partial charge on any atom is 0.245 e. The highest BCUT2D eigenvalue weighted by Crippen LogP contribution is 2.31. The summed E-state index contributed by atoms with van der Waals surface area (Å²) in [5.74, 6) is -0.617. The lowest BCUT2D eigenvalue weighted by molar-refractivity contribution is -0.122. The number of hydrogen-bond acceptors (Lipinski definition) is 4. The second-order valence-electron chi connectivity index (χ2n) is 4.72. The number of amides is 1. The van der Waals surface area contributed by atoms with Gasteiger partial charge in [0.1, 0.15) is 6.04 Å². The molecule has 1 aliphatic heterocycles. The van der Waals surface area contributed by atoms with Crippen LogP contribution in [-0.4, -0.2) is 31.2 Å². The third-order valence-corrected chi connectivity index (χ3v) is 6.23. The minimum Gasteiger partial charge on any atom is -0.399 e. The fourth-order valence-electron chi connectivity index (χ4n) is 2.32. The average Bonchev–Trinajstić information content (AvgIpc) is 2.41. The first-order valence-corrected chi connectivity index (χ1v) is 8.43. The van der Waals surface area contributed by atoms with E-state index in [2.05, 4.69) is 15.9 Å². The lowest BCUT2D eigenvalue weighted by atomic mass is 10.0. The van der Waals surface area contributed by atoms with Crippen LogP contribution in [0.15, 0.2) is 27.6 Å². The Hall–Kier alpha value is -1.12. The number of hydrogen-bond donors (Lipinski definition) is 2. The molecule has 8 heteroatoms. The minimum atomic E-state index is -3.80. The molecule has 6 nitrogen and oxygen atoms in total. The highest BCUT2D eigenvalue weighted by atomic mass is 79.9. The number of nitrogens with two attached hydrogens (primary N) is 2. The van der Waals surface area contributed by atoms with Gasteiger partial charge in [-0.05, 0) is 47.0 Å². The molecule has 110 valence electrons. The topological polar surface area (TPSA) is 106 Å². The van der Waals surface area contributed by atoms with E-state index >= 15 is 0 Å².